The SMILES string of the molecule is CCCn1nc(-c2cn(Cc3ccc(OC)c(OC)c3)c3ccccc23)cc1C(=O)OCC. The Balaban J connectivity index is 1.77. The van der Waals surface area contributed by atoms with E-state index in [-0.39, 0.29) is 5.97 Å². The number of carbonyl (C=O) groups is 1. The highest BCUT2D eigenvalue weighted by molar-refractivity contribution is 5.97. The van der Waals surface area contributed by atoms with Crippen molar-refractivity contribution >= 4 is 16.9 Å². The van der Waals surface area contributed by atoms with E-state index in [0.717, 1.165) is 34.1 Å². The van der Waals surface area contributed by atoms with Crippen molar-refractivity contribution in [2.24, 2.45) is 0 Å². The van der Waals surface area contributed by atoms with Crippen molar-refractivity contribution in [3.8, 4) is 22.8 Å². The number of esters is 1. The summed E-state index contributed by atoms with van der Waals surface area (Å²) in [6.45, 7) is 5.50. The zero-order chi connectivity index (χ0) is 23.4. The number of hydrogen-bond donors (Lipinski definition) is 0. The van der Waals surface area contributed by atoms with Crippen molar-refractivity contribution < 1.29 is 19.0 Å². The van der Waals surface area contributed by atoms with Gasteiger partial charge in [-0.25, -0.2) is 4.79 Å². The minimum absolute atomic E-state index is 0.329. The van der Waals surface area contributed by atoms with Gasteiger partial charge in [0, 0.05) is 35.8 Å². The van der Waals surface area contributed by atoms with Crippen LogP contribution >= 0.6 is 0 Å². The van der Waals surface area contributed by atoms with Crippen molar-refractivity contribution in [1.82, 2.24) is 14.3 Å². The minimum Gasteiger partial charge on any atom is -0.493 e. The van der Waals surface area contributed by atoms with E-state index in [9.17, 15) is 4.79 Å². The van der Waals surface area contributed by atoms with Gasteiger partial charge < -0.3 is 18.8 Å². The molecule has 0 bridgehead atoms. The molecule has 0 saturated carbocycles. The number of fused-ring (bicyclic) bond motifs is 1. The van der Waals surface area contributed by atoms with Gasteiger partial charge in [0.25, 0.3) is 0 Å². The second-order valence-corrected chi connectivity index (χ2v) is 7.74. The van der Waals surface area contributed by atoms with Crippen LogP contribution in [0.3, 0.4) is 0 Å². The Hall–Kier alpha value is -3.74. The average Bonchev–Trinajstić information content (AvgIpc) is 3.41. The Labute approximate surface area is 193 Å². The lowest BCUT2D eigenvalue weighted by atomic mass is 10.1. The second-order valence-electron chi connectivity index (χ2n) is 7.74. The van der Waals surface area contributed by atoms with E-state index in [0.29, 0.717) is 36.9 Å². The summed E-state index contributed by atoms with van der Waals surface area (Å²) < 4.78 is 20.0. The first-order valence-electron chi connectivity index (χ1n) is 11.1. The average molecular weight is 448 g/mol. The van der Waals surface area contributed by atoms with Gasteiger partial charge in [0.15, 0.2) is 11.5 Å². The van der Waals surface area contributed by atoms with Gasteiger partial charge in [-0.05, 0) is 43.2 Å². The first-order valence-corrected chi connectivity index (χ1v) is 11.1. The number of carbonyl (C=O) groups excluding carboxylic acids is 1. The smallest absolute Gasteiger partial charge is 0.356 e. The van der Waals surface area contributed by atoms with Gasteiger partial charge in [0.05, 0.1) is 26.5 Å². The molecule has 0 N–H and O–H groups in total. The second kappa shape index (κ2) is 9.81. The van der Waals surface area contributed by atoms with Crippen LogP contribution in [0.1, 0.15) is 36.3 Å². The maximum Gasteiger partial charge on any atom is 0.356 e. The molecule has 0 unspecified atom stereocenters. The Morgan fingerprint density at radius 1 is 1.00 bits per heavy atom. The molecule has 0 fully saturated rings. The molecule has 0 aliphatic rings. The van der Waals surface area contributed by atoms with E-state index < -0.39 is 0 Å². The summed E-state index contributed by atoms with van der Waals surface area (Å²) in [6, 6.07) is 16.0. The van der Waals surface area contributed by atoms with Crippen LogP contribution in [0.25, 0.3) is 22.2 Å². The number of ether oxygens (including phenoxy) is 3. The largest absolute Gasteiger partial charge is 0.493 e. The number of aromatic nitrogens is 3. The Morgan fingerprint density at radius 3 is 2.52 bits per heavy atom. The third kappa shape index (κ3) is 4.44. The molecule has 0 saturated heterocycles. The fourth-order valence-corrected chi connectivity index (χ4v) is 4.06. The molecule has 0 aliphatic heterocycles. The Bertz CT molecular complexity index is 1270. The van der Waals surface area contributed by atoms with Gasteiger partial charge >= 0.3 is 5.97 Å². The maximum atomic E-state index is 12.5. The molecule has 4 aromatic rings. The van der Waals surface area contributed by atoms with Crippen LogP contribution in [0.5, 0.6) is 11.5 Å². The molecule has 2 aromatic carbocycles. The minimum atomic E-state index is -0.348. The molecule has 0 amide bonds. The lowest BCUT2D eigenvalue weighted by molar-refractivity contribution is 0.0511. The van der Waals surface area contributed by atoms with Crippen molar-refractivity contribution in [3.05, 3.63) is 66.0 Å². The molecule has 172 valence electrons. The summed E-state index contributed by atoms with van der Waals surface area (Å²) >= 11 is 0. The van der Waals surface area contributed by atoms with Crippen LogP contribution in [0.15, 0.2) is 54.7 Å². The highest BCUT2D eigenvalue weighted by Gasteiger charge is 2.20. The molecule has 33 heavy (non-hydrogen) atoms. The summed E-state index contributed by atoms with van der Waals surface area (Å²) in [5, 5.41) is 5.84. The molecular weight excluding hydrogens is 418 g/mol. The van der Waals surface area contributed by atoms with Gasteiger partial charge in [0.2, 0.25) is 0 Å². The zero-order valence-corrected chi connectivity index (χ0v) is 19.5. The quantitative estimate of drug-likeness (QED) is 0.332. The number of hydrogen-bond acceptors (Lipinski definition) is 5. The van der Waals surface area contributed by atoms with Crippen LogP contribution in [-0.4, -0.2) is 41.1 Å². The fourth-order valence-electron chi connectivity index (χ4n) is 4.06. The monoisotopic (exact) mass is 447 g/mol. The van der Waals surface area contributed by atoms with Crippen molar-refractivity contribution in [2.45, 2.75) is 33.4 Å². The number of methoxy groups -OCH3 is 2. The third-order valence-corrected chi connectivity index (χ3v) is 5.57. The van der Waals surface area contributed by atoms with Gasteiger partial charge in [0.1, 0.15) is 5.69 Å². The number of aryl methyl sites for hydroxylation is 1. The molecule has 2 heterocycles. The molecular formula is C26H29N3O4. The van der Waals surface area contributed by atoms with Gasteiger partial charge in [-0.2, -0.15) is 5.10 Å². The van der Waals surface area contributed by atoms with Crippen molar-refractivity contribution in [3.63, 3.8) is 0 Å². The van der Waals surface area contributed by atoms with Gasteiger partial charge in [-0.3, -0.25) is 4.68 Å². The van der Waals surface area contributed by atoms with Crippen LogP contribution in [0.2, 0.25) is 0 Å². The van der Waals surface area contributed by atoms with Gasteiger partial charge in [-0.1, -0.05) is 31.2 Å². The van der Waals surface area contributed by atoms with E-state index >= 15 is 0 Å². The summed E-state index contributed by atoms with van der Waals surface area (Å²) in [7, 11) is 3.27. The van der Waals surface area contributed by atoms with E-state index in [4.69, 9.17) is 19.3 Å². The van der Waals surface area contributed by atoms with Gasteiger partial charge in [-0.15, -0.1) is 0 Å². The lowest BCUT2D eigenvalue weighted by Gasteiger charge is -2.11. The fraction of sp³-hybridized carbons (Fsp3) is 0.308. The normalized spacial score (nSPS) is 11.0. The first kappa shape index (κ1) is 22.5. The number of nitrogens with zero attached hydrogens (tertiary/aromatic N) is 3. The third-order valence-electron chi connectivity index (χ3n) is 5.57. The molecule has 4 rings (SSSR count). The number of rotatable bonds is 9. The zero-order valence-electron chi connectivity index (χ0n) is 19.5. The highest BCUT2D eigenvalue weighted by Crippen LogP contribution is 2.33. The van der Waals surface area contributed by atoms with Crippen LogP contribution in [0, 0.1) is 0 Å². The van der Waals surface area contributed by atoms with E-state index in [1.807, 2.05) is 36.4 Å². The van der Waals surface area contributed by atoms with Crippen LogP contribution in [0.4, 0.5) is 0 Å². The topological polar surface area (TPSA) is 67.5 Å². The molecule has 7 heteroatoms. The predicted octanol–water partition coefficient (Wildman–Crippen LogP) is 5.16. The molecule has 7 nitrogen and oxygen atoms in total. The number of para-hydroxylation sites is 1. The van der Waals surface area contributed by atoms with Crippen LogP contribution < -0.4 is 9.47 Å². The first-order chi connectivity index (χ1) is 16.1. The number of benzene rings is 2. The highest BCUT2D eigenvalue weighted by atomic mass is 16.5. The summed E-state index contributed by atoms with van der Waals surface area (Å²) in [6.07, 6.45) is 2.96. The molecule has 0 spiro atoms. The molecule has 0 aliphatic carbocycles. The molecule has 2 aromatic heterocycles. The Kier molecular flexibility index (Phi) is 6.68. The van der Waals surface area contributed by atoms with Crippen LogP contribution in [-0.2, 0) is 17.8 Å². The van der Waals surface area contributed by atoms with Crippen molar-refractivity contribution in [2.75, 3.05) is 20.8 Å². The molecule has 0 radical (unpaired) electrons. The van der Waals surface area contributed by atoms with Crippen molar-refractivity contribution in [1.29, 1.82) is 0 Å². The summed E-state index contributed by atoms with van der Waals surface area (Å²) in [5.41, 5.74) is 4.39. The van der Waals surface area contributed by atoms with E-state index in [1.165, 1.54) is 0 Å². The lowest BCUT2D eigenvalue weighted by Crippen LogP contribution is -2.13. The Morgan fingerprint density at radius 2 is 1.79 bits per heavy atom. The molecule has 0 atom stereocenters. The summed E-state index contributed by atoms with van der Waals surface area (Å²) in [4.78, 5) is 12.5. The maximum absolute atomic E-state index is 12.5. The summed E-state index contributed by atoms with van der Waals surface area (Å²) in [5.74, 6) is 1.05. The van der Waals surface area contributed by atoms with E-state index in [2.05, 4.69) is 29.8 Å². The van der Waals surface area contributed by atoms with E-state index in [1.54, 1.807) is 25.8 Å². The standard InChI is InChI=1S/C26H29N3O4/c1-5-13-29-23(26(30)33-6-2)15-21(27-29)20-17-28(22-10-8-7-9-19(20)22)16-18-11-12-24(31-3)25(14-18)32-4/h7-12,14-15,17H,5-6,13,16H2,1-4H3. The predicted molar refractivity (Wildman–Crippen MR) is 128 cm³/mol.